The molecule has 0 N–H and O–H groups in total. The smallest absolute Gasteiger partial charge is 0.250 e. The molecule has 3 nitrogen and oxygen atoms in total. The molecule has 0 radical (unpaired) electrons. The lowest BCUT2D eigenvalue weighted by Gasteiger charge is -2.24. The van der Waals surface area contributed by atoms with Gasteiger partial charge in [0, 0.05) is 31.9 Å². The number of hydrogen-bond acceptors (Lipinski definition) is 2. The van der Waals surface area contributed by atoms with Crippen LogP contribution >= 0.6 is 0 Å². The third-order valence-corrected chi connectivity index (χ3v) is 4.41. The summed E-state index contributed by atoms with van der Waals surface area (Å²) < 4.78 is 14.9. The highest BCUT2D eigenvalue weighted by atomic mass is 19.1. The highest BCUT2D eigenvalue weighted by Gasteiger charge is 2.24. The molecule has 0 amide bonds. The van der Waals surface area contributed by atoms with E-state index in [1.807, 2.05) is 18.3 Å². The van der Waals surface area contributed by atoms with Crippen molar-refractivity contribution in [3.05, 3.63) is 69.9 Å². The third kappa shape index (κ3) is 3.45. The molecule has 1 saturated heterocycles. The van der Waals surface area contributed by atoms with Crippen LogP contribution in [0, 0.1) is 5.82 Å². The van der Waals surface area contributed by atoms with Crippen molar-refractivity contribution in [1.29, 1.82) is 0 Å². The molecular formula is C18H21FN2O. The Morgan fingerprint density at radius 1 is 1.23 bits per heavy atom. The minimum Gasteiger partial charge on any atom is -0.319 e. The Hall–Kier alpha value is -1.94. The minimum atomic E-state index is -0.173. The topological polar surface area (TPSA) is 25.2 Å². The van der Waals surface area contributed by atoms with Crippen LogP contribution in [0.4, 0.5) is 4.39 Å². The number of aryl methyl sites for hydroxylation is 1. The maximum absolute atomic E-state index is 13.3. The van der Waals surface area contributed by atoms with Crippen LogP contribution < -0.4 is 5.56 Å². The summed E-state index contributed by atoms with van der Waals surface area (Å²) in [4.78, 5) is 14.1. The standard InChI is InChI=1S/C18H21FN2O/c1-20-9-7-15(12-18(20)22)13-21-8-3-6-17(21)11-14-4-2-5-16(19)10-14/h2,4-5,7,9-10,12,17H,3,6,8,11,13H2,1H3/t17-/m1/s1. The summed E-state index contributed by atoms with van der Waals surface area (Å²) in [5, 5.41) is 0. The molecule has 0 aliphatic carbocycles. The average Bonchev–Trinajstić information content (AvgIpc) is 2.90. The predicted molar refractivity (Wildman–Crippen MR) is 85.2 cm³/mol. The Morgan fingerprint density at radius 2 is 2.09 bits per heavy atom. The Balaban J connectivity index is 1.70. The number of benzene rings is 1. The van der Waals surface area contributed by atoms with Gasteiger partial charge in [-0.1, -0.05) is 12.1 Å². The lowest BCUT2D eigenvalue weighted by atomic mass is 10.0. The quantitative estimate of drug-likeness (QED) is 0.867. The molecule has 2 heterocycles. The highest BCUT2D eigenvalue weighted by molar-refractivity contribution is 5.18. The molecule has 2 aromatic rings. The maximum atomic E-state index is 13.3. The van der Waals surface area contributed by atoms with Gasteiger partial charge in [-0.15, -0.1) is 0 Å². The van der Waals surface area contributed by atoms with Crippen molar-refractivity contribution in [2.75, 3.05) is 6.54 Å². The molecule has 0 unspecified atom stereocenters. The van der Waals surface area contributed by atoms with E-state index in [-0.39, 0.29) is 11.4 Å². The number of likely N-dealkylation sites (tertiary alicyclic amines) is 1. The summed E-state index contributed by atoms with van der Waals surface area (Å²) in [7, 11) is 1.76. The van der Waals surface area contributed by atoms with Crippen LogP contribution in [0.15, 0.2) is 47.4 Å². The molecule has 1 aromatic carbocycles. The van der Waals surface area contributed by atoms with Crippen LogP contribution in [0.5, 0.6) is 0 Å². The van der Waals surface area contributed by atoms with Crippen molar-refractivity contribution in [1.82, 2.24) is 9.47 Å². The summed E-state index contributed by atoms with van der Waals surface area (Å²) in [6.45, 7) is 1.82. The highest BCUT2D eigenvalue weighted by Crippen LogP contribution is 2.23. The third-order valence-electron chi connectivity index (χ3n) is 4.41. The van der Waals surface area contributed by atoms with E-state index in [9.17, 15) is 9.18 Å². The first kappa shape index (κ1) is 15.0. The Kier molecular flexibility index (Phi) is 4.39. The van der Waals surface area contributed by atoms with E-state index in [0.29, 0.717) is 6.04 Å². The lowest BCUT2D eigenvalue weighted by Crippen LogP contribution is -2.31. The fourth-order valence-corrected chi connectivity index (χ4v) is 3.19. The number of halogens is 1. The van der Waals surface area contributed by atoms with Crippen LogP contribution in [-0.4, -0.2) is 22.1 Å². The zero-order valence-corrected chi connectivity index (χ0v) is 12.8. The number of aromatic nitrogens is 1. The van der Waals surface area contributed by atoms with Crippen LogP contribution in [-0.2, 0) is 20.0 Å². The summed E-state index contributed by atoms with van der Waals surface area (Å²) in [6, 6.07) is 11.0. The van der Waals surface area contributed by atoms with Gasteiger partial charge in [0.05, 0.1) is 0 Å². The van der Waals surface area contributed by atoms with Gasteiger partial charge in [0.15, 0.2) is 0 Å². The predicted octanol–water partition coefficient (Wildman–Crippen LogP) is 2.73. The Morgan fingerprint density at radius 3 is 2.86 bits per heavy atom. The van der Waals surface area contributed by atoms with E-state index in [4.69, 9.17) is 0 Å². The summed E-state index contributed by atoms with van der Waals surface area (Å²) >= 11 is 0. The second-order valence-electron chi connectivity index (χ2n) is 6.08. The van der Waals surface area contributed by atoms with Gasteiger partial charge in [0.25, 0.3) is 5.56 Å². The number of rotatable bonds is 4. The van der Waals surface area contributed by atoms with Gasteiger partial charge >= 0.3 is 0 Å². The zero-order valence-electron chi connectivity index (χ0n) is 12.8. The monoisotopic (exact) mass is 300 g/mol. The maximum Gasteiger partial charge on any atom is 0.250 e. The first-order valence-corrected chi connectivity index (χ1v) is 7.76. The van der Waals surface area contributed by atoms with Gasteiger partial charge in [-0.3, -0.25) is 9.69 Å². The van der Waals surface area contributed by atoms with Crippen molar-refractivity contribution in [2.45, 2.75) is 31.8 Å². The Labute approximate surface area is 130 Å². The van der Waals surface area contributed by atoms with Crippen LogP contribution in [0.2, 0.25) is 0 Å². The molecule has 4 heteroatoms. The van der Waals surface area contributed by atoms with Crippen LogP contribution in [0.3, 0.4) is 0 Å². The average molecular weight is 300 g/mol. The number of nitrogens with zero attached hydrogens (tertiary/aromatic N) is 2. The number of pyridine rings is 1. The molecule has 0 bridgehead atoms. The molecule has 1 aliphatic heterocycles. The fraction of sp³-hybridized carbons (Fsp3) is 0.389. The lowest BCUT2D eigenvalue weighted by molar-refractivity contribution is 0.243. The fourth-order valence-electron chi connectivity index (χ4n) is 3.19. The normalized spacial score (nSPS) is 18.7. The van der Waals surface area contributed by atoms with E-state index >= 15 is 0 Å². The van der Waals surface area contributed by atoms with Crippen LogP contribution in [0.25, 0.3) is 0 Å². The van der Waals surface area contributed by atoms with Gasteiger partial charge in [0.1, 0.15) is 5.82 Å². The van der Waals surface area contributed by atoms with Crippen molar-refractivity contribution in [3.63, 3.8) is 0 Å². The van der Waals surface area contributed by atoms with E-state index in [2.05, 4.69) is 4.90 Å². The second kappa shape index (κ2) is 6.44. The van der Waals surface area contributed by atoms with Crippen molar-refractivity contribution >= 4 is 0 Å². The minimum absolute atomic E-state index is 0.0263. The van der Waals surface area contributed by atoms with Gasteiger partial charge < -0.3 is 4.57 Å². The van der Waals surface area contributed by atoms with Crippen molar-refractivity contribution in [3.8, 4) is 0 Å². The van der Waals surface area contributed by atoms with Gasteiger partial charge in [-0.05, 0) is 55.1 Å². The largest absolute Gasteiger partial charge is 0.319 e. The SMILES string of the molecule is Cn1ccc(CN2CCC[C@@H]2Cc2cccc(F)c2)cc1=O. The Bertz CT molecular complexity index is 710. The summed E-state index contributed by atoms with van der Waals surface area (Å²) in [5.74, 6) is -0.173. The molecule has 0 spiro atoms. The first-order chi connectivity index (χ1) is 10.6. The molecular weight excluding hydrogens is 279 g/mol. The van der Waals surface area contributed by atoms with E-state index < -0.39 is 0 Å². The van der Waals surface area contributed by atoms with Crippen LogP contribution in [0.1, 0.15) is 24.0 Å². The van der Waals surface area contributed by atoms with E-state index in [1.165, 1.54) is 6.07 Å². The van der Waals surface area contributed by atoms with E-state index in [0.717, 1.165) is 43.5 Å². The summed E-state index contributed by atoms with van der Waals surface area (Å²) in [6.07, 6.45) is 4.96. The molecule has 1 aromatic heterocycles. The molecule has 1 fully saturated rings. The van der Waals surface area contributed by atoms with Gasteiger partial charge in [0.2, 0.25) is 0 Å². The second-order valence-corrected chi connectivity index (χ2v) is 6.08. The molecule has 1 atom stereocenters. The first-order valence-electron chi connectivity index (χ1n) is 7.76. The molecule has 116 valence electrons. The molecule has 1 aliphatic rings. The molecule has 22 heavy (non-hydrogen) atoms. The molecule has 0 saturated carbocycles. The zero-order chi connectivity index (χ0) is 15.5. The van der Waals surface area contributed by atoms with Crippen molar-refractivity contribution in [2.24, 2.45) is 7.05 Å². The number of hydrogen-bond donors (Lipinski definition) is 0. The summed E-state index contributed by atoms with van der Waals surface area (Å²) in [5.41, 5.74) is 2.12. The van der Waals surface area contributed by atoms with Gasteiger partial charge in [-0.2, -0.15) is 0 Å². The van der Waals surface area contributed by atoms with Crippen molar-refractivity contribution < 1.29 is 4.39 Å². The van der Waals surface area contributed by atoms with E-state index in [1.54, 1.807) is 29.8 Å². The van der Waals surface area contributed by atoms with Gasteiger partial charge in [-0.25, -0.2) is 4.39 Å². The molecule has 3 rings (SSSR count).